The van der Waals surface area contributed by atoms with E-state index >= 15 is 0 Å². The fraction of sp³-hybridized carbons (Fsp3) is 0.0870. The van der Waals surface area contributed by atoms with E-state index in [1.54, 1.807) is 22.9 Å². The monoisotopic (exact) mass is 384 g/mol. The van der Waals surface area contributed by atoms with Crippen LogP contribution in [0.1, 0.15) is 5.56 Å². The number of aryl methyl sites for hydroxylation is 2. The minimum atomic E-state index is -0.309. The van der Waals surface area contributed by atoms with Gasteiger partial charge in [0.1, 0.15) is 5.82 Å². The highest BCUT2D eigenvalue weighted by Gasteiger charge is 2.08. The van der Waals surface area contributed by atoms with E-state index in [4.69, 9.17) is 0 Å². The third-order valence-corrected chi connectivity index (χ3v) is 5.03. The molecule has 29 heavy (non-hydrogen) atoms. The number of rotatable bonds is 4. The van der Waals surface area contributed by atoms with Gasteiger partial charge in [-0.05, 0) is 60.5 Å². The SMILES string of the molecule is O=c1ccc(-n2ccc3ccc(F)cc32)nn1CCc1ccc2ncccc2c1. The van der Waals surface area contributed by atoms with Gasteiger partial charge in [-0.25, -0.2) is 9.07 Å². The second-order valence-corrected chi connectivity index (χ2v) is 6.92. The predicted octanol–water partition coefficient (Wildman–Crippen LogP) is 4.12. The average molecular weight is 384 g/mol. The van der Waals surface area contributed by atoms with Crippen LogP contribution in [0.5, 0.6) is 0 Å². The number of pyridine rings is 1. The lowest BCUT2D eigenvalue weighted by atomic mass is 10.1. The summed E-state index contributed by atoms with van der Waals surface area (Å²) in [5, 5.41) is 6.49. The van der Waals surface area contributed by atoms with Gasteiger partial charge in [-0.2, -0.15) is 5.10 Å². The first-order chi connectivity index (χ1) is 14.2. The van der Waals surface area contributed by atoms with Crippen molar-refractivity contribution < 1.29 is 4.39 Å². The lowest BCUT2D eigenvalue weighted by molar-refractivity contribution is 0.572. The van der Waals surface area contributed by atoms with Gasteiger partial charge < -0.3 is 0 Å². The van der Waals surface area contributed by atoms with Crippen LogP contribution in [0.15, 0.2) is 83.9 Å². The second kappa shape index (κ2) is 6.98. The largest absolute Gasteiger partial charge is 0.300 e. The van der Waals surface area contributed by atoms with Crippen molar-refractivity contribution in [3.05, 3.63) is 101 Å². The Balaban J connectivity index is 1.46. The number of benzene rings is 2. The molecule has 3 aromatic heterocycles. The minimum absolute atomic E-state index is 0.168. The first-order valence-corrected chi connectivity index (χ1v) is 9.36. The van der Waals surface area contributed by atoms with Gasteiger partial charge in [-0.3, -0.25) is 14.3 Å². The molecule has 0 aliphatic carbocycles. The van der Waals surface area contributed by atoms with Gasteiger partial charge in [-0.1, -0.05) is 12.1 Å². The molecular weight excluding hydrogens is 367 g/mol. The molecule has 0 saturated heterocycles. The smallest absolute Gasteiger partial charge is 0.266 e. The molecule has 0 saturated carbocycles. The molecule has 0 bridgehead atoms. The Kier molecular flexibility index (Phi) is 4.17. The van der Waals surface area contributed by atoms with Gasteiger partial charge in [0, 0.05) is 35.8 Å². The molecule has 2 aromatic carbocycles. The van der Waals surface area contributed by atoms with Gasteiger partial charge in [0.2, 0.25) is 0 Å². The van der Waals surface area contributed by atoms with Crippen LogP contribution in [-0.4, -0.2) is 19.3 Å². The Morgan fingerprint density at radius 3 is 2.79 bits per heavy atom. The summed E-state index contributed by atoms with van der Waals surface area (Å²) in [5.74, 6) is 0.268. The summed E-state index contributed by atoms with van der Waals surface area (Å²) in [7, 11) is 0. The molecule has 0 amide bonds. The molecule has 5 nitrogen and oxygen atoms in total. The number of hydrogen-bond donors (Lipinski definition) is 0. The van der Waals surface area contributed by atoms with Crippen LogP contribution in [0, 0.1) is 5.82 Å². The Morgan fingerprint density at radius 2 is 1.86 bits per heavy atom. The molecule has 0 radical (unpaired) electrons. The van der Waals surface area contributed by atoms with Gasteiger partial charge in [0.25, 0.3) is 5.56 Å². The van der Waals surface area contributed by atoms with E-state index in [1.165, 1.54) is 22.9 Å². The van der Waals surface area contributed by atoms with Gasteiger partial charge in [0.15, 0.2) is 5.82 Å². The standard InChI is InChI=1S/C23H17FN4O/c24-19-5-4-17-10-12-27(21(17)15-19)22-7-8-23(29)28(26-22)13-9-16-3-6-20-18(14-16)2-1-11-25-20/h1-8,10-12,14-15H,9,13H2. The van der Waals surface area contributed by atoms with E-state index in [2.05, 4.69) is 16.1 Å². The molecule has 5 aromatic rings. The van der Waals surface area contributed by atoms with Crippen LogP contribution < -0.4 is 5.56 Å². The third-order valence-electron chi connectivity index (χ3n) is 5.03. The fourth-order valence-corrected chi connectivity index (χ4v) is 3.54. The zero-order chi connectivity index (χ0) is 19.8. The van der Waals surface area contributed by atoms with E-state index in [1.807, 2.05) is 36.5 Å². The van der Waals surface area contributed by atoms with Crippen LogP contribution in [0.2, 0.25) is 0 Å². The number of nitrogens with zero attached hydrogens (tertiary/aromatic N) is 4. The fourth-order valence-electron chi connectivity index (χ4n) is 3.54. The molecule has 142 valence electrons. The molecular formula is C23H17FN4O. The molecule has 0 fully saturated rings. The first-order valence-electron chi connectivity index (χ1n) is 9.36. The summed E-state index contributed by atoms with van der Waals surface area (Å²) in [6.45, 7) is 0.450. The lowest BCUT2D eigenvalue weighted by Crippen LogP contribution is -2.24. The molecule has 0 atom stereocenters. The molecule has 0 spiro atoms. The molecule has 0 aliphatic rings. The van der Waals surface area contributed by atoms with Crippen molar-refractivity contribution in [3.8, 4) is 5.82 Å². The van der Waals surface area contributed by atoms with Crippen LogP contribution in [-0.2, 0) is 13.0 Å². The third kappa shape index (κ3) is 3.29. The van der Waals surface area contributed by atoms with Crippen LogP contribution >= 0.6 is 0 Å². The Bertz CT molecular complexity index is 1400. The van der Waals surface area contributed by atoms with E-state index in [9.17, 15) is 9.18 Å². The number of aromatic nitrogens is 4. The zero-order valence-electron chi connectivity index (χ0n) is 15.5. The summed E-state index contributed by atoms with van der Waals surface area (Å²) in [5.41, 5.74) is 2.60. The van der Waals surface area contributed by atoms with Crippen molar-refractivity contribution in [2.45, 2.75) is 13.0 Å². The summed E-state index contributed by atoms with van der Waals surface area (Å²) in [6.07, 6.45) is 4.27. The summed E-state index contributed by atoms with van der Waals surface area (Å²) < 4.78 is 16.9. The average Bonchev–Trinajstić information content (AvgIpc) is 3.16. The number of fused-ring (bicyclic) bond motifs is 2. The van der Waals surface area contributed by atoms with Gasteiger partial charge in [-0.15, -0.1) is 0 Å². The highest BCUT2D eigenvalue weighted by Crippen LogP contribution is 2.20. The topological polar surface area (TPSA) is 52.7 Å². The van der Waals surface area contributed by atoms with E-state index in [0.29, 0.717) is 24.3 Å². The number of halogens is 1. The summed E-state index contributed by atoms with van der Waals surface area (Å²) in [4.78, 5) is 16.6. The Morgan fingerprint density at radius 1 is 0.931 bits per heavy atom. The van der Waals surface area contributed by atoms with E-state index in [0.717, 1.165) is 21.9 Å². The van der Waals surface area contributed by atoms with E-state index in [-0.39, 0.29) is 11.4 Å². The van der Waals surface area contributed by atoms with Crippen molar-refractivity contribution in [1.29, 1.82) is 0 Å². The first kappa shape index (κ1) is 17.3. The highest BCUT2D eigenvalue weighted by molar-refractivity contribution is 5.81. The Labute approximate surface area is 165 Å². The molecule has 0 aliphatic heterocycles. The highest BCUT2D eigenvalue weighted by atomic mass is 19.1. The van der Waals surface area contributed by atoms with Crippen molar-refractivity contribution in [3.63, 3.8) is 0 Å². The van der Waals surface area contributed by atoms with Crippen molar-refractivity contribution in [2.24, 2.45) is 0 Å². The zero-order valence-corrected chi connectivity index (χ0v) is 15.5. The maximum Gasteiger partial charge on any atom is 0.266 e. The predicted molar refractivity (Wildman–Crippen MR) is 111 cm³/mol. The minimum Gasteiger partial charge on any atom is -0.300 e. The molecule has 3 heterocycles. The molecule has 0 N–H and O–H groups in total. The van der Waals surface area contributed by atoms with Gasteiger partial charge >= 0.3 is 0 Å². The van der Waals surface area contributed by atoms with Crippen molar-refractivity contribution in [1.82, 2.24) is 19.3 Å². The maximum absolute atomic E-state index is 13.7. The number of hydrogen-bond acceptors (Lipinski definition) is 3. The normalized spacial score (nSPS) is 11.3. The summed E-state index contributed by atoms with van der Waals surface area (Å²) >= 11 is 0. The molecule has 0 unspecified atom stereocenters. The van der Waals surface area contributed by atoms with Crippen molar-refractivity contribution in [2.75, 3.05) is 0 Å². The molecule has 6 heteroatoms. The lowest BCUT2D eigenvalue weighted by Gasteiger charge is -2.09. The van der Waals surface area contributed by atoms with Crippen molar-refractivity contribution >= 4 is 21.8 Å². The Hall–Kier alpha value is -3.80. The quantitative estimate of drug-likeness (QED) is 0.468. The second-order valence-electron chi connectivity index (χ2n) is 6.92. The maximum atomic E-state index is 13.7. The van der Waals surface area contributed by atoms with Crippen LogP contribution in [0.25, 0.3) is 27.6 Å². The summed E-state index contributed by atoms with van der Waals surface area (Å²) in [6, 6.07) is 19.7. The van der Waals surface area contributed by atoms with Crippen LogP contribution in [0.4, 0.5) is 4.39 Å². The van der Waals surface area contributed by atoms with E-state index < -0.39 is 0 Å². The van der Waals surface area contributed by atoms with Gasteiger partial charge in [0.05, 0.1) is 11.0 Å². The van der Waals surface area contributed by atoms with Crippen LogP contribution in [0.3, 0.4) is 0 Å². The molecule has 5 rings (SSSR count).